The molecule has 0 aliphatic heterocycles. The zero-order valence-electron chi connectivity index (χ0n) is 17.8. The molecular weight excluding hydrogens is 334 g/mol. The number of hydrogen-bond donors (Lipinski definition) is 2. The fraction of sp³-hybridized carbons (Fsp3) is 0.958. The average molecular weight is 376 g/mol. The maximum absolute atomic E-state index is 11.3. The molecule has 27 heavy (non-hydrogen) atoms. The number of nitrogens with two attached hydrogens (primary N) is 1. The summed E-state index contributed by atoms with van der Waals surface area (Å²) in [6.07, 6.45) is 13.0. The van der Waals surface area contributed by atoms with Gasteiger partial charge in [0, 0.05) is 6.42 Å². The number of rotatable bonds is 4. The highest BCUT2D eigenvalue weighted by Crippen LogP contribution is 2.68. The molecule has 3 nitrogen and oxygen atoms in total. The van der Waals surface area contributed by atoms with Gasteiger partial charge in [0.15, 0.2) is 0 Å². The zero-order valence-corrected chi connectivity index (χ0v) is 17.8. The molecule has 0 radical (unpaired) electrons. The predicted octanol–water partition coefficient (Wildman–Crippen LogP) is 4.91. The Bertz CT molecular complexity index is 577. The molecule has 4 fully saturated rings. The third-order valence-electron chi connectivity index (χ3n) is 10.2. The van der Waals surface area contributed by atoms with Crippen LogP contribution in [0.2, 0.25) is 0 Å². The number of primary amides is 1. The Hall–Kier alpha value is -0.570. The summed E-state index contributed by atoms with van der Waals surface area (Å²) in [7, 11) is 0. The van der Waals surface area contributed by atoms with Crippen LogP contribution < -0.4 is 5.73 Å². The molecule has 4 saturated carbocycles. The minimum atomic E-state index is -0.143. The molecule has 9 atom stereocenters. The number of hydrogen-bond acceptors (Lipinski definition) is 2. The molecule has 5 unspecified atom stereocenters. The van der Waals surface area contributed by atoms with E-state index in [1.807, 2.05) is 0 Å². The van der Waals surface area contributed by atoms with Crippen molar-refractivity contribution >= 4 is 5.91 Å². The van der Waals surface area contributed by atoms with Crippen molar-refractivity contribution in [3.05, 3.63) is 0 Å². The molecule has 0 bridgehead atoms. The van der Waals surface area contributed by atoms with Gasteiger partial charge in [-0.2, -0.15) is 0 Å². The van der Waals surface area contributed by atoms with Crippen molar-refractivity contribution in [1.29, 1.82) is 0 Å². The first-order chi connectivity index (χ1) is 12.8. The van der Waals surface area contributed by atoms with E-state index in [-0.39, 0.29) is 12.0 Å². The van der Waals surface area contributed by atoms with E-state index in [1.165, 1.54) is 44.9 Å². The Morgan fingerprint density at radius 1 is 1.04 bits per heavy atom. The summed E-state index contributed by atoms with van der Waals surface area (Å²) < 4.78 is 0. The number of aliphatic hydroxyl groups excluding tert-OH is 1. The van der Waals surface area contributed by atoms with Crippen LogP contribution in [-0.4, -0.2) is 17.1 Å². The normalized spacial score (nSPS) is 50.4. The highest BCUT2D eigenvalue weighted by atomic mass is 16.3. The Morgan fingerprint density at radius 3 is 2.48 bits per heavy atom. The molecule has 0 saturated heterocycles. The lowest BCUT2D eigenvalue weighted by molar-refractivity contribution is -0.129. The second kappa shape index (κ2) is 7.04. The Labute approximate surface area is 165 Å². The molecule has 3 N–H and O–H groups in total. The minimum Gasteiger partial charge on any atom is -0.393 e. The van der Waals surface area contributed by atoms with E-state index in [9.17, 15) is 9.90 Å². The van der Waals surface area contributed by atoms with Crippen molar-refractivity contribution < 1.29 is 9.90 Å². The van der Waals surface area contributed by atoms with Gasteiger partial charge < -0.3 is 10.8 Å². The van der Waals surface area contributed by atoms with E-state index in [0.29, 0.717) is 23.2 Å². The van der Waals surface area contributed by atoms with E-state index in [2.05, 4.69) is 20.8 Å². The van der Waals surface area contributed by atoms with E-state index >= 15 is 0 Å². The summed E-state index contributed by atoms with van der Waals surface area (Å²) in [6, 6.07) is 0. The van der Waals surface area contributed by atoms with Gasteiger partial charge in [0.1, 0.15) is 0 Å². The molecule has 4 aliphatic carbocycles. The first kappa shape index (κ1) is 19.7. The van der Waals surface area contributed by atoms with Crippen molar-refractivity contribution in [3.8, 4) is 0 Å². The molecule has 0 aromatic carbocycles. The highest BCUT2D eigenvalue weighted by molar-refractivity contribution is 5.73. The first-order valence-corrected chi connectivity index (χ1v) is 11.7. The van der Waals surface area contributed by atoms with Crippen LogP contribution >= 0.6 is 0 Å². The first-order valence-electron chi connectivity index (χ1n) is 11.7. The molecule has 154 valence electrons. The largest absolute Gasteiger partial charge is 0.393 e. The van der Waals surface area contributed by atoms with Gasteiger partial charge in [0.2, 0.25) is 5.91 Å². The van der Waals surface area contributed by atoms with Crippen LogP contribution in [0, 0.1) is 46.3 Å². The second-order valence-corrected chi connectivity index (χ2v) is 11.3. The van der Waals surface area contributed by atoms with Gasteiger partial charge in [-0.3, -0.25) is 4.79 Å². The number of fused-ring (bicyclic) bond motifs is 5. The molecular formula is C24H41NO2. The van der Waals surface area contributed by atoms with Crippen LogP contribution in [0.15, 0.2) is 0 Å². The smallest absolute Gasteiger partial charge is 0.217 e. The number of carbonyl (C=O) groups excluding carboxylic acids is 1. The predicted molar refractivity (Wildman–Crippen MR) is 109 cm³/mol. The molecule has 0 spiro atoms. The SMILES string of the molecule is C[C@H](CCC(N)=O)C1CCC2C3CCC4C[C@H](O)CC[C@]4(C)C3CC[C@@]21C. The van der Waals surface area contributed by atoms with Crippen LogP contribution in [0.3, 0.4) is 0 Å². The zero-order chi connectivity index (χ0) is 19.4. The maximum Gasteiger partial charge on any atom is 0.217 e. The maximum atomic E-state index is 11.3. The van der Waals surface area contributed by atoms with E-state index in [1.54, 1.807) is 0 Å². The Balaban J connectivity index is 1.51. The molecule has 0 aromatic heterocycles. The highest BCUT2D eigenvalue weighted by Gasteiger charge is 2.60. The molecule has 0 heterocycles. The third-order valence-corrected chi connectivity index (χ3v) is 10.2. The van der Waals surface area contributed by atoms with Gasteiger partial charge >= 0.3 is 0 Å². The van der Waals surface area contributed by atoms with Gasteiger partial charge in [-0.25, -0.2) is 0 Å². The van der Waals surface area contributed by atoms with Crippen molar-refractivity contribution in [2.45, 2.75) is 97.5 Å². The van der Waals surface area contributed by atoms with Crippen molar-refractivity contribution in [2.24, 2.45) is 52.1 Å². The van der Waals surface area contributed by atoms with Crippen LogP contribution in [0.25, 0.3) is 0 Å². The van der Waals surface area contributed by atoms with Crippen LogP contribution in [0.5, 0.6) is 0 Å². The van der Waals surface area contributed by atoms with Crippen molar-refractivity contribution in [3.63, 3.8) is 0 Å². The van der Waals surface area contributed by atoms with Crippen LogP contribution in [0.1, 0.15) is 91.4 Å². The number of amides is 1. The minimum absolute atomic E-state index is 0.0459. The van der Waals surface area contributed by atoms with E-state index < -0.39 is 0 Å². The molecule has 4 aliphatic rings. The quantitative estimate of drug-likeness (QED) is 0.733. The lowest BCUT2D eigenvalue weighted by Crippen LogP contribution is -2.54. The summed E-state index contributed by atoms with van der Waals surface area (Å²) in [6.45, 7) is 7.53. The topological polar surface area (TPSA) is 63.3 Å². The molecule has 4 rings (SSSR count). The summed E-state index contributed by atoms with van der Waals surface area (Å²) in [4.78, 5) is 11.3. The van der Waals surface area contributed by atoms with Gasteiger partial charge in [-0.1, -0.05) is 20.8 Å². The molecule has 1 amide bonds. The fourth-order valence-corrected chi connectivity index (χ4v) is 8.78. The molecule has 3 heteroatoms. The summed E-state index contributed by atoms with van der Waals surface area (Å²) in [5.41, 5.74) is 6.36. The van der Waals surface area contributed by atoms with Gasteiger partial charge in [-0.15, -0.1) is 0 Å². The third kappa shape index (κ3) is 3.16. The Morgan fingerprint density at radius 2 is 1.74 bits per heavy atom. The fourth-order valence-electron chi connectivity index (χ4n) is 8.78. The van der Waals surface area contributed by atoms with E-state index in [0.717, 1.165) is 48.9 Å². The number of carbonyl (C=O) groups is 1. The Kier molecular flexibility index (Phi) is 5.15. The number of aliphatic hydroxyl groups is 1. The summed E-state index contributed by atoms with van der Waals surface area (Å²) >= 11 is 0. The van der Waals surface area contributed by atoms with Gasteiger partial charge in [0.05, 0.1) is 6.10 Å². The van der Waals surface area contributed by atoms with Gasteiger partial charge in [0.25, 0.3) is 0 Å². The van der Waals surface area contributed by atoms with E-state index in [4.69, 9.17) is 5.73 Å². The van der Waals surface area contributed by atoms with Gasteiger partial charge in [-0.05, 0) is 111 Å². The average Bonchev–Trinajstić information content (AvgIpc) is 2.97. The summed E-state index contributed by atoms with van der Waals surface area (Å²) in [5, 5.41) is 10.2. The standard InChI is InChI=1S/C24H41NO2/c1-15(4-9-22(25)27)19-7-8-20-18-6-5-16-14-17(26)10-12-23(16,2)21(18)11-13-24(19,20)3/h15-21,26H,4-14H2,1-3H3,(H2,25,27)/t15-,16?,17-,18?,19?,20?,21?,23+,24-/m1/s1. The monoisotopic (exact) mass is 375 g/mol. The lowest BCUT2D eigenvalue weighted by atomic mass is 9.44. The van der Waals surface area contributed by atoms with Crippen LogP contribution in [-0.2, 0) is 4.79 Å². The molecule has 0 aromatic rings. The summed E-state index contributed by atoms with van der Waals surface area (Å²) in [5.74, 6) is 4.63. The lowest BCUT2D eigenvalue weighted by Gasteiger charge is -2.61. The van der Waals surface area contributed by atoms with Crippen molar-refractivity contribution in [1.82, 2.24) is 0 Å². The second-order valence-electron chi connectivity index (χ2n) is 11.3. The van der Waals surface area contributed by atoms with Crippen LogP contribution in [0.4, 0.5) is 0 Å². The van der Waals surface area contributed by atoms with Crippen molar-refractivity contribution in [2.75, 3.05) is 0 Å².